The Bertz CT molecular complexity index is 802. The normalized spacial score (nSPS) is 14.5. The van der Waals surface area contributed by atoms with Gasteiger partial charge in [-0.1, -0.05) is 29.8 Å². The van der Waals surface area contributed by atoms with E-state index in [-0.39, 0.29) is 12.3 Å². The first-order valence-electron chi connectivity index (χ1n) is 8.33. The van der Waals surface area contributed by atoms with Crippen molar-refractivity contribution in [1.82, 2.24) is 0 Å². The third-order valence-electron chi connectivity index (χ3n) is 4.30. The van der Waals surface area contributed by atoms with E-state index in [1.54, 1.807) is 12.1 Å². The van der Waals surface area contributed by atoms with Crippen molar-refractivity contribution in [3.05, 3.63) is 58.6 Å². The van der Waals surface area contributed by atoms with Crippen LogP contribution < -0.4 is 10.2 Å². The van der Waals surface area contributed by atoms with E-state index in [2.05, 4.69) is 10.2 Å². The summed E-state index contributed by atoms with van der Waals surface area (Å²) in [6, 6.07) is 10.1. The van der Waals surface area contributed by atoms with Gasteiger partial charge in [-0.15, -0.1) is 0 Å². The first-order valence-corrected chi connectivity index (χ1v) is 8.71. The molecule has 1 fully saturated rings. The standard InChI is InChI=1S/C19H18ClF3N2O/c20-15-6-7-17(25-8-1-2-9-25)16(12-15)24-18(26)11-13-4-3-5-14(10-13)19(21,22)23/h3-7,10,12H,1-2,8-9,11H2,(H,24,26). The van der Waals surface area contributed by atoms with Crippen molar-refractivity contribution in [3.63, 3.8) is 0 Å². The summed E-state index contributed by atoms with van der Waals surface area (Å²) in [6.07, 6.45) is -2.40. The minimum Gasteiger partial charge on any atom is -0.370 e. The number of rotatable bonds is 4. The van der Waals surface area contributed by atoms with E-state index >= 15 is 0 Å². The lowest BCUT2D eigenvalue weighted by Gasteiger charge is -2.22. The molecule has 0 bridgehead atoms. The van der Waals surface area contributed by atoms with Crippen LogP contribution in [0.4, 0.5) is 24.5 Å². The summed E-state index contributed by atoms with van der Waals surface area (Å²) in [7, 11) is 0. The first-order chi connectivity index (χ1) is 12.3. The first kappa shape index (κ1) is 18.6. The third-order valence-corrected chi connectivity index (χ3v) is 4.53. The zero-order valence-electron chi connectivity index (χ0n) is 13.9. The molecule has 3 nitrogen and oxygen atoms in total. The van der Waals surface area contributed by atoms with Crippen molar-refractivity contribution in [2.24, 2.45) is 0 Å². The Balaban J connectivity index is 1.75. The summed E-state index contributed by atoms with van der Waals surface area (Å²) in [5.41, 5.74) is 1.01. The van der Waals surface area contributed by atoms with E-state index in [1.807, 2.05) is 6.07 Å². The lowest BCUT2D eigenvalue weighted by Crippen LogP contribution is -2.22. The molecular formula is C19H18ClF3N2O. The number of halogens is 4. The van der Waals surface area contributed by atoms with Gasteiger partial charge in [0.1, 0.15) is 0 Å². The Morgan fingerprint density at radius 1 is 1.12 bits per heavy atom. The van der Waals surface area contributed by atoms with Crippen LogP contribution in [0.2, 0.25) is 5.02 Å². The average molecular weight is 383 g/mol. The van der Waals surface area contributed by atoms with Crippen LogP contribution in [0.25, 0.3) is 0 Å². The van der Waals surface area contributed by atoms with E-state index in [9.17, 15) is 18.0 Å². The van der Waals surface area contributed by atoms with Crippen molar-refractivity contribution in [1.29, 1.82) is 0 Å². The van der Waals surface area contributed by atoms with Crippen LogP contribution in [-0.2, 0) is 17.4 Å². The number of hydrogen-bond donors (Lipinski definition) is 1. The molecule has 0 aliphatic carbocycles. The topological polar surface area (TPSA) is 32.3 Å². The Labute approximate surface area is 154 Å². The fourth-order valence-corrected chi connectivity index (χ4v) is 3.25. The predicted molar refractivity (Wildman–Crippen MR) is 96.7 cm³/mol. The molecule has 1 amide bonds. The van der Waals surface area contributed by atoms with Crippen LogP contribution in [-0.4, -0.2) is 19.0 Å². The number of hydrogen-bond acceptors (Lipinski definition) is 2. The van der Waals surface area contributed by atoms with Gasteiger partial charge in [0, 0.05) is 18.1 Å². The number of amides is 1. The number of benzene rings is 2. The summed E-state index contributed by atoms with van der Waals surface area (Å²) < 4.78 is 38.4. The van der Waals surface area contributed by atoms with Crippen molar-refractivity contribution in [2.75, 3.05) is 23.3 Å². The highest BCUT2D eigenvalue weighted by Gasteiger charge is 2.30. The highest BCUT2D eigenvalue weighted by Crippen LogP contribution is 2.32. The van der Waals surface area contributed by atoms with Crippen molar-refractivity contribution in [3.8, 4) is 0 Å². The number of carbonyl (C=O) groups excluding carboxylic acids is 1. The molecule has 2 aromatic rings. The molecule has 1 aliphatic heterocycles. The van der Waals surface area contributed by atoms with Crippen LogP contribution in [0.15, 0.2) is 42.5 Å². The van der Waals surface area contributed by atoms with Crippen molar-refractivity contribution < 1.29 is 18.0 Å². The quantitative estimate of drug-likeness (QED) is 0.794. The van der Waals surface area contributed by atoms with E-state index in [0.29, 0.717) is 16.3 Å². The Morgan fingerprint density at radius 3 is 2.54 bits per heavy atom. The van der Waals surface area contributed by atoms with Gasteiger partial charge in [-0.05, 0) is 42.7 Å². The molecule has 26 heavy (non-hydrogen) atoms. The Kier molecular flexibility index (Phi) is 5.41. The number of carbonyl (C=O) groups is 1. The van der Waals surface area contributed by atoms with Gasteiger partial charge in [0.25, 0.3) is 0 Å². The second kappa shape index (κ2) is 7.58. The molecule has 7 heteroatoms. The maximum absolute atomic E-state index is 12.8. The highest BCUT2D eigenvalue weighted by molar-refractivity contribution is 6.31. The van der Waals surface area contributed by atoms with Crippen LogP contribution in [0.3, 0.4) is 0 Å². The average Bonchev–Trinajstić information content (AvgIpc) is 3.08. The fourth-order valence-electron chi connectivity index (χ4n) is 3.08. The van der Waals surface area contributed by atoms with Crippen LogP contribution in [0, 0.1) is 0 Å². The molecule has 0 radical (unpaired) electrons. The van der Waals surface area contributed by atoms with Gasteiger partial charge >= 0.3 is 6.18 Å². The molecule has 0 saturated carbocycles. The van der Waals surface area contributed by atoms with E-state index in [4.69, 9.17) is 11.6 Å². The maximum Gasteiger partial charge on any atom is 0.416 e. The van der Waals surface area contributed by atoms with Crippen LogP contribution in [0.5, 0.6) is 0 Å². The third kappa shape index (κ3) is 4.49. The van der Waals surface area contributed by atoms with Crippen molar-refractivity contribution >= 4 is 28.9 Å². The van der Waals surface area contributed by atoms with Gasteiger partial charge in [-0.3, -0.25) is 4.79 Å². The molecule has 1 aliphatic rings. The molecular weight excluding hydrogens is 365 g/mol. The maximum atomic E-state index is 12.8. The zero-order valence-corrected chi connectivity index (χ0v) is 14.7. The van der Waals surface area contributed by atoms with Crippen LogP contribution >= 0.6 is 11.6 Å². The summed E-state index contributed by atoms with van der Waals surface area (Å²) in [5, 5.41) is 3.28. The minimum atomic E-state index is -4.43. The second-order valence-corrected chi connectivity index (χ2v) is 6.72. The molecule has 0 unspecified atom stereocenters. The smallest absolute Gasteiger partial charge is 0.370 e. The van der Waals surface area contributed by atoms with Gasteiger partial charge in [-0.2, -0.15) is 13.2 Å². The predicted octanol–water partition coefficient (Wildman–Crippen LogP) is 5.14. The van der Waals surface area contributed by atoms with E-state index in [0.717, 1.165) is 43.8 Å². The van der Waals surface area contributed by atoms with E-state index in [1.165, 1.54) is 12.1 Å². The Morgan fingerprint density at radius 2 is 1.85 bits per heavy atom. The molecule has 3 rings (SSSR count). The summed E-state index contributed by atoms with van der Waals surface area (Å²) in [5.74, 6) is -0.382. The lowest BCUT2D eigenvalue weighted by molar-refractivity contribution is -0.137. The molecule has 2 aromatic carbocycles. The molecule has 1 heterocycles. The summed E-state index contributed by atoms with van der Waals surface area (Å²) in [4.78, 5) is 14.5. The van der Waals surface area contributed by atoms with Gasteiger partial charge in [0.2, 0.25) is 5.91 Å². The van der Waals surface area contributed by atoms with E-state index < -0.39 is 11.7 Å². The zero-order chi connectivity index (χ0) is 18.7. The number of alkyl halides is 3. The molecule has 0 atom stereocenters. The highest BCUT2D eigenvalue weighted by atomic mass is 35.5. The van der Waals surface area contributed by atoms with Crippen LogP contribution in [0.1, 0.15) is 24.0 Å². The van der Waals surface area contributed by atoms with Crippen molar-refractivity contribution in [2.45, 2.75) is 25.4 Å². The number of nitrogens with zero attached hydrogens (tertiary/aromatic N) is 1. The molecule has 0 spiro atoms. The molecule has 138 valence electrons. The summed E-state index contributed by atoms with van der Waals surface area (Å²) >= 11 is 6.04. The molecule has 1 saturated heterocycles. The number of anilines is 2. The van der Waals surface area contributed by atoms with Gasteiger partial charge in [0.15, 0.2) is 0 Å². The largest absolute Gasteiger partial charge is 0.416 e. The second-order valence-electron chi connectivity index (χ2n) is 6.28. The van der Waals surface area contributed by atoms with Gasteiger partial charge in [-0.25, -0.2) is 0 Å². The summed E-state index contributed by atoms with van der Waals surface area (Å²) in [6.45, 7) is 1.80. The number of nitrogens with one attached hydrogen (secondary N) is 1. The van der Waals surface area contributed by atoms with Gasteiger partial charge < -0.3 is 10.2 Å². The fraction of sp³-hybridized carbons (Fsp3) is 0.316. The monoisotopic (exact) mass is 382 g/mol. The lowest BCUT2D eigenvalue weighted by atomic mass is 10.1. The molecule has 0 aromatic heterocycles. The molecule has 1 N–H and O–H groups in total. The minimum absolute atomic E-state index is 0.143. The van der Waals surface area contributed by atoms with Gasteiger partial charge in [0.05, 0.1) is 23.4 Å². The Hall–Kier alpha value is -2.21. The SMILES string of the molecule is O=C(Cc1cccc(C(F)(F)F)c1)Nc1cc(Cl)ccc1N1CCCC1.